The number of unbranched alkanes of at least 4 members (excludes halogenated alkanes) is 4. The predicted molar refractivity (Wildman–Crippen MR) is 316 cm³/mol. The van der Waals surface area contributed by atoms with E-state index in [0.717, 1.165) is 110 Å². The smallest absolute Gasteiger partial charge is 0.744 e. The Bertz CT molecular complexity index is 3660. The second-order valence-electron chi connectivity index (χ2n) is 21.9. The standard InChI is InChI=1S/C66H72N4O6S.2Na.O3S/c1-7-8-17-43-68-58-27-16-14-25-55(58)65(3,4)60(68)39-32-50-23-19-24-51(64(50)76-53-34-36-54(37-35-53)77(73,74)75)33-40-61-66(5,6)56-45-47(2)29-38-59(56)69(61)44-18-9-10-28-62(71)67-42-41-63(72)70-46-52-22-12-11-20-48(52)30-31-49-21-13-15-26-57(49)70;;;1-4(2)3/h11-13,15-16,20-22,25-27,29,32-40,45H,7-10,17-19,23-24,28,41-44,46H2,1-6H3,(H,67,71)(H,73,74,75);;;/q;2*+1;/p-1. The van der Waals surface area contributed by atoms with Gasteiger partial charge < -0.3 is 24.4 Å². The number of anilines is 2. The number of hydrogen-bond acceptors (Lipinski definition) is 10. The number of allylic oxidation sites excluding steroid dienone is 7. The summed E-state index contributed by atoms with van der Waals surface area (Å²) in [5, 5.41) is 3.01. The topological polar surface area (TPSA) is 173 Å². The van der Waals surface area contributed by atoms with Crippen LogP contribution in [0.1, 0.15) is 139 Å². The maximum atomic E-state index is 13.7. The van der Waals surface area contributed by atoms with E-state index in [0.29, 0.717) is 18.7 Å². The molecule has 0 atom stereocenters. The number of amides is 2. The zero-order valence-corrected chi connectivity index (χ0v) is 54.8. The van der Waals surface area contributed by atoms with Crippen molar-refractivity contribution in [3.8, 4) is 17.6 Å². The number of nitrogens with zero attached hydrogens (tertiary/aromatic N) is 3. The first-order valence-electron chi connectivity index (χ1n) is 27.9. The molecule has 9 rings (SSSR count). The quantitative estimate of drug-likeness (QED) is 0.0260. The zero-order chi connectivity index (χ0) is 57.9. The first-order chi connectivity index (χ1) is 38.8. The molecule has 0 bridgehead atoms. The molecule has 0 radical (unpaired) electrons. The summed E-state index contributed by atoms with van der Waals surface area (Å²) >= 11 is 0. The van der Waals surface area contributed by atoms with Crippen LogP contribution in [0.3, 0.4) is 0 Å². The minimum Gasteiger partial charge on any atom is -0.744 e. The minimum absolute atomic E-state index is 0. The van der Waals surface area contributed by atoms with Gasteiger partial charge in [-0.3, -0.25) is 9.59 Å². The normalized spacial score (nSPS) is 16.4. The molecule has 5 aromatic carbocycles. The van der Waals surface area contributed by atoms with Crippen LogP contribution >= 0.6 is 0 Å². The molecule has 4 aliphatic rings. The molecule has 17 heteroatoms. The van der Waals surface area contributed by atoms with E-state index >= 15 is 0 Å². The average Bonchev–Trinajstić information content (AvgIpc) is 2.14. The molecule has 1 N–H and O–H groups in total. The van der Waals surface area contributed by atoms with Gasteiger partial charge in [-0.25, -0.2) is 13.0 Å². The molecule has 0 spiro atoms. The SMILES string of the molecule is CCCCC[N+]1=C(/C=C/C2=C(Oc3ccc(S(=O)(=O)[O-])cc3)C(=C/C=C3/N(CCCCCC(=O)NCCC(=O)N4Cc5ccccc5C#Cc5ccccc54)c4ccc(C)cc4C3(C)C)/CCC2)C(C)(C)c2c[c-]ccc21.O=S(=O)=O.[Na+].[Na+]. The number of hydrogen-bond donors (Lipinski definition) is 1. The molecule has 2 amide bonds. The van der Waals surface area contributed by atoms with E-state index in [1.165, 1.54) is 51.6 Å². The molecule has 0 unspecified atom stereocenters. The van der Waals surface area contributed by atoms with Gasteiger partial charge in [0.05, 0.1) is 17.1 Å². The Balaban J connectivity index is 0.00000179. The fraction of sp³-hybridized carbons (Fsp3) is 0.348. The Kier molecular flexibility index (Phi) is 24.0. The summed E-state index contributed by atoms with van der Waals surface area (Å²) in [7, 11) is -7.74. The summed E-state index contributed by atoms with van der Waals surface area (Å²) in [6, 6.07) is 37.6. The second-order valence-corrected chi connectivity index (χ2v) is 23.7. The molecule has 0 saturated heterocycles. The van der Waals surface area contributed by atoms with Gasteiger partial charge in [0.1, 0.15) is 33.9 Å². The van der Waals surface area contributed by atoms with Crippen LogP contribution in [-0.4, -0.2) is 67.3 Å². The third-order valence-electron chi connectivity index (χ3n) is 15.6. The van der Waals surface area contributed by atoms with E-state index in [1.54, 1.807) is 17.0 Å². The van der Waals surface area contributed by atoms with E-state index in [2.05, 4.69) is 129 Å². The number of carbonyl (C=O) groups excluding carboxylic acids is 2. The van der Waals surface area contributed by atoms with Crippen molar-refractivity contribution in [1.82, 2.24) is 5.32 Å². The van der Waals surface area contributed by atoms with Gasteiger partial charge in [0.25, 0.3) is 0 Å². The molecule has 0 aromatic heterocycles. The van der Waals surface area contributed by atoms with Crippen molar-refractivity contribution in [3.63, 3.8) is 0 Å². The summed E-state index contributed by atoms with van der Waals surface area (Å²) in [6.45, 7) is 15.8. The first-order valence-corrected chi connectivity index (χ1v) is 30.3. The molecule has 1 aliphatic carbocycles. The molecule has 83 heavy (non-hydrogen) atoms. The third-order valence-corrected chi connectivity index (χ3v) is 16.4. The van der Waals surface area contributed by atoms with Gasteiger partial charge in [-0.2, -0.15) is 18.2 Å². The van der Waals surface area contributed by atoms with Crippen LogP contribution < -0.4 is 79.0 Å². The van der Waals surface area contributed by atoms with E-state index in [-0.39, 0.29) is 99.6 Å². The van der Waals surface area contributed by atoms with Gasteiger partial charge in [-0.1, -0.05) is 119 Å². The second kappa shape index (κ2) is 29.9. The summed E-state index contributed by atoms with van der Waals surface area (Å²) in [4.78, 5) is 30.8. The Morgan fingerprint density at radius 2 is 1.52 bits per heavy atom. The van der Waals surface area contributed by atoms with Crippen molar-refractivity contribution >= 4 is 55.3 Å². The van der Waals surface area contributed by atoms with Crippen LogP contribution in [0, 0.1) is 24.8 Å². The maximum Gasteiger partial charge on any atom is 1.00 e. The minimum atomic E-state index is -4.63. The van der Waals surface area contributed by atoms with Gasteiger partial charge in [0, 0.05) is 71.8 Å². The van der Waals surface area contributed by atoms with Crippen LogP contribution in [0.15, 0.2) is 161 Å². The van der Waals surface area contributed by atoms with E-state index in [1.807, 2.05) is 54.6 Å². The zero-order valence-electron chi connectivity index (χ0n) is 49.1. The van der Waals surface area contributed by atoms with Crippen molar-refractivity contribution in [1.29, 1.82) is 0 Å². The fourth-order valence-corrected chi connectivity index (χ4v) is 11.8. The number of ether oxygens (including phenoxy) is 1. The monoisotopic (exact) mass is 1170 g/mol. The van der Waals surface area contributed by atoms with Crippen LogP contribution in [-0.2, 0) is 47.7 Å². The Morgan fingerprint density at radius 1 is 0.807 bits per heavy atom. The van der Waals surface area contributed by atoms with Crippen molar-refractivity contribution in [2.75, 3.05) is 29.4 Å². The molecule has 0 saturated carbocycles. The molecule has 0 fully saturated rings. The first kappa shape index (κ1) is 66.5. The number of carbonyl (C=O) groups is 2. The van der Waals surface area contributed by atoms with Gasteiger partial charge in [-0.05, 0) is 128 Å². The van der Waals surface area contributed by atoms with E-state index < -0.39 is 20.7 Å². The Labute approximate surface area is 536 Å². The molecular formula is C66H71N4Na2O9S2+. The van der Waals surface area contributed by atoms with Gasteiger partial charge in [0.15, 0.2) is 5.71 Å². The number of rotatable bonds is 19. The Morgan fingerprint density at radius 3 is 2.25 bits per heavy atom. The van der Waals surface area contributed by atoms with Crippen molar-refractivity contribution < 1.29 is 104 Å². The van der Waals surface area contributed by atoms with Crippen LogP contribution in [0.5, 0.6) is 5.75 Å². The van der Waals surface area contributed by atoms with Gasteiger partial charge in [-0.15, -0.1) is 18.7 Å². The van der Waals surface area contributed by atoms with Crippen LogP contribution in [0.4, 0.5) is 17.1 Å². The Hall–Kier alpha value is -5.64. The fourth-order valence-electron chi connectivity index (χ4n) is 11.3. The molecular weight excluding hydrogens is 1100 g/mol. The van der Waals surface area contributed by atoms with Crippen molar-refractivity contribution in [3.05, 3.63) is 196 Å². The summed E-state index contributed by atoms with van der Waals surface area (Å²) < 4.78 is 70.3. The molecule has 13 nitrogen and oxygen atoms in total. The number of fused-ring (bicyclic) bond motifs is 4. The summed E-state index contributed by atoms with van der Waals surface area (Å²) in [5.41, 5.74) is 13.5. The summed E-state index contributed by atoms with van der Waals surface area (Å²) in [6.07, 6.45) is 17.7. The molecule has 3 aliphatic heterocycles. The number of aryl methyl sites for hydroxylation is 1. The van der Waals surface area contributed by atoms with Gasteiger partial charge >= 0.3 is 69.7 Å². The third kappa shape index (κ3) is 16.4. The van der Waals surface area contributed by atoms with Crippen LogP contribution in [0.25, 0.3) is 0 Å². The summed E-state index contributed by atoms with van der Waals surface area (Å²) in [5.74, 6) is 7.56. The number of benzene rings is 5. The van der Waals surface area contributed by atoms with E-state index in [9.17, 15) is 22.6 Å². The molecule has 3 heterocycles. The van der Waals surface area contributed by atoms with Gasteiger partial charge in [0.2, 0.25) is 11.8 Å². The van der Waals surface area contributed by atoms with Crippen molar-refractivity contribution in [2.45, 2.75) is 134 Å². The molecule has 5 aromatic rings. The predicted octanol–water partition coefficient (Wildman–Crippen LogP) is 5.96. The average molecular weight is 1170 g/mol. The largest absolute Gasteiger partial charge is 1.00 e. The maximum absolute atomic E-state index is 13.7. The molecule has 422 valence electrons. The number of nitrogens with one attached hydrogen (secondary N) is 1. The van der Waals surface area contributed by atoms with E-state index in [4.69, 9.17) is 17.4 Å². The number of para-hydroxylation sites is 1. The van der Waals surface area contributed by atoms with Crippen molar-refractivity contribution in [2.24, 2.45) is 0 Å². The van der Waals surface area contributed by atoms with Crippen LogP contribution in [0.2, 0.25) is 0 Å².